The molecule has 0 saturated heterocycles. The van der Waals surface area contributed by atoms with Crippen molar-refractivity contribution in [2.24, 2.45) is 0 Å². The number of carbonyl (C=O) groups excluding carboxylic acids is 2. The quantitative estimate of drug-likeness (QED) is 0.679. The maximum Gasteiger partial charge on any atom is 0.299 e. The van der Waals surface area contributed by atoms with Crippen LogP contribution in [-0.2, 0) is 11.3 Å². The van der Waals surface area contributed by atoms with Gasteiger partial charge in [0.1, 0.15) is 0 Å². The first kappa shape index (κ1) is 15.8. The van der Waals surface area contributed by atoms with E-state index in [1.54, 1.807) is 24.3 Å². The molecule has 124 valence electrons. The summed E-state index contributed by atoms with van der Waals surface area (Å²) >= 11 is 0. The molecule has 26 heavy (non-hydrogen) atoms. The number of hydrogen-bond acceptors (Lipinski definition) is 3. The fourth-order valence-corrected chi connectivity index (χ4v) is 3.21. The third-order valence-electron chi connectivity index (χ3n) is 4.53. The predicted octanol–water partition coefficient (Wildman–Crippen LogP) is 3.95. The van der Waals surface area contributed by atoms with Crippen LogP contribution >= 0.6 is 0 Å². The van der Waals surface area contributed by atoms with Gasteiger partial charge in [-0.15, -0.1) is 0 Å². The Bertz CT molecular complexity index is 1060. The number of ketones is 1. The van der Waals surface area contributed by atoms with Crippen LogP contribution in [0.3, 0.4) is 0 Å². The van der Waals surface area contributed by atoms with E-state index in [1.807, 2.05) is 48.5 Å². The summed E-state index contributed by atoms with van der Waals surface area (Å²) < 4.78 is 0. The second-order valence-corrected chi connectivity index (χ2v) is 6.09. The summed E-state index contributed by atoms with van der Waals surface area (Å²) in [4.78, 5) is 25.9. The highest BCUT2D eigenvalue weighted by molar-refractivity contribution is 6.52. The Morgan fingerprint density at radius 1 is 0.808 bits per heavy atom. The van der Waals surface area contributed by atoms with Crippen molar-refractivity contribution < 1.29 is 9.59 Å². The average Bonchev–Trinajstić information content (AvgIpc) is 2.94. The number of amides is 1. The largest absolute Gasteiger partial charge is 0.300 e. The van der Waals surface area contributed by atoms with Crippen molar-refractivity contribution in [3.05, 3.63) is 89.5 Å². The van der Waals surface area contributed by atoms with Gasteiger partial charge in [-0.1, -0.05) is 54.6 Å². The molecule has 0 spiro atoms. The SMILES string of the molecule is N#Cc1ccccc1-c1ccc(CN2C(=O)C(=O)c3ccccc32)cc1. The van der Waals surface area contributed by atoms with Gasteiger partial charge in [0.25, 0.3) is 11.7 Å². The Morgan fingerprint density at radius 3 is 2.19 bits per heavy atom. The molecule has 1 aliphatic heterocycles. The van der Waals surface area contributed by atoms with Crippen molar-refractivity contribution in [3.8, 4) is 17.2 Å². The molecular weight excluding hydrogens is 324 g/mol. The number of fused-ring (bicyclic) bond motifs is 1. The highest BCUT2D eigenvalue weighted by atomic mass is 16.2. The van der Waals surface area contributed by atoms with Crippen molar-refractivity contribution in [2.45, 2.75) is 6.54 Å². The summed E-state index contributed by atoms with van der Waals surface area (Å²) in [6.07, 6.45) is 0. The Morgan fingerprint density at radius 2 is 1.46 bits per heavy atom. The van der Waals surface area contributed by atoms with E-state index in [2.05, 4.69) is 6.07 Å². The molecular formula is C22H14N2O2. The van der Waals surface area contributed by atoms with Crippen molar-refractivity contribution in [2.75, 3.05) is 4.90 Å². The lowest BCUT2D eigenvalue weighted by atomic mass is 9.99. The molecule has 3 aromatic carbocycles. The second kappa shape index (κ2) is 6.30. The number of Topliss-reactive ketones (excluding diaryl/α,β-unsaturated/α-hetero) is 1. The van der Waals surface area contributed by atoms with E-state index in [1.165, 1.54) is 4.90 Å². The Labute approximate surface area is 150 Å². The molecule has 0 unspecified atom stereocenters. The molecule has 0 aromatic heterocycles. The van der Waals surface area contributed by atoms with E-state index in [4.69, 9.17) is 0 Å². The maximum atomic E-state index is 12.3. The van der Waals surface area contributed by atoms with Crippen LogP contribution in [-0.4, -0.2) is 11.7 Å². The van der Waals surface area contributed by atoms with Gasteiger partial charge in [-0.05, 0) is 34.9 Å². The van der Waals surface area contributed by atoms with Gasteiger partial charge in [0, 0.05) is 0 Å². The predicted molar refractivity (Wildman–Crippen MR) is 98.6 cm³/mol. The molecule has 4 rings (SSSR count). The Balaban J connectivity index is 1.62. The minimum absolute atomic E-state index is 0.335. The van der Waals surface area contributed by atoms with Crippen LogP contribution in [0.15, 0.2) is 72.8 Å². The third kappa shape index (κ3) is 2.56. The van der Waals surface area contributed by atoms with Gasteiger partial charge in [0.15, 0.2) is 0 Å². The molecule has 0 aliphatic carbocycles. The molecule has 0 N–H and O–H groups in total. The zero-order valence-corrected chi connectivity index (χ0v) is 13.8. The fourth-order valence-electron chi connectivity index (χ4n) is 3.21. The van der Waals surface area contributed by atoms with Gasteiger partial charge in [-0.2, -0.15) is 5.26 Å². The lowest BCUT2D eigenvalue weighted by molar-refractivity contribution is -0.114. The van der Waals surface area contributed by atoms with Gasteiger partial charge in [-0.25, -0.2) is 0 Å². The van der Waals surface area contributed by atoms with Crippen molar-refractivity contribution >= 4 is 17.4 Å². The molecule has 0 fully saturated rings. The third-order valence-corrected chi connectivity index (χ3v) is 4.53. The molecule has 0 saturated carbocycles. The minimum atomic E-state index is -0.495. The van der Waals surface area contributed by atoms with E-state index in [-0.39, 0.29) is 0 Å². The van der Waals surface area contributed by atoms with Crippen LogP contribution in [0.5, 0.6) is 0 Å². The van der Waals surface area contributed by atoms with Crippen LogP contribution in [0.4, 0.5) is 5.69 Å². The van der Waals surface area contributed by atoms with E-state index in [0.29, 0.717) is 23.4 Å². The van der Waals surface area contributed by atoms with Gasteiger partial charge in [0.2, 0.25) is 0 Å². The topological polar surface area (TPSA) is 61.2 Å². The van der Waals surface area contributed by atoms with Crippen molar-refractivity contribution in [1.29, 1.82) is 5.26 Å². The van der Waals surface area contributed by atoms with E-state index < -0.39 is 11.7 Å². The highest BCUT2D eigenvalue weighted by Gasteiger charge is 2.35. The number of anilines is 1. The van der Waals surface area contributed by atoms with Gasteiger partial charge < -0.3 is 4.90 Å². The van der Waals surface area contributed by atoms with E-state index >= 15 is 0 Å². The molecule has 4 nitrogen and oxygen atoms in total. The molecule has 1 aliphatic rings. The summed E-state index contributed by atoms with van der Waals surface area (Å²) in [6.45, 7) is 0.335. The second-order valence-electron chi connectivity index (χ2n) is 6.09. The molecule has 4 heteroatoms. The van der Waals surface area contributed by atoms with Crippen molar-refractivity contribution in [1.82, 2.24) is 0 Å². The number of carbonyl (C=O) groups is 2. The van der Waals surface area contributed by atoms with Crippen molar-refractivity contribution in [3.63, 3.8) is 0 Å². The number of hydrogen-bond donors (Lipinski definition) is 0. The summed E-state index contributed by atoms with van der Waals surface area (Å²) in [6, 6.07) is 24.4. The van der Waals surface area contributed by atoms with E-state index in [0.717, 1.165) is 16.7 Å². The first-order chi connectivity index (χ1) is 12.7. The van der Waals surface area contributed by atoms with Crippen LogP contribution in [0.1, 0.15) is 21.5 Å². The highest BCUT2D eigenvalue weighted by Crippen LogP contribution is 2.30. The molecule has 1 heterocycles. The normalized spacial score (nSPS) is 12.8. The summed E-state index contributed by atoms with van der Waals surface area (Å²) in [5.41, 5.74) is 4.46. The number of nitriles is 1. The van der Waals surface area contributed by atoms with Crippen LogP contribution < -0.4 is 4.90 Å². The Kier molecular flexibility index (Phi) is 3.83. The first-order valence-electron chi connectivity index (χ1n) is 8.22. The average molecular weight is 338 g/mol. The molecule has 0 bridgehead atoms. The smallest absolute Gasteiger partial charge is 0.299 e. The summed E-state index contributed by atoms with van der Waals surface area (Å²) in [5, 5.41) is 9.24. The minimum Gasteiger partial charge on any atom is -0.300 e. The monoisotopic (exact) mass is 338 g/mol. The van der Waals surface area contributed by atoms with Crippen LogP contribution in [0, 0.1) is 11.3 Å². The molecule has 0 radical (unpaired) electrons. The van der Waals surface area contributed by atoms with Gasteiger partial charge >= 0.3 is 0 Å². The fraction of sp³-hybridized carbons (Fsp3) is 0.0455. The van der Waals surface area contributed by atoms with Gasteiger partial charge in [0.05, 0.1) is 29.4 Å². The first-order valence-corrected chi connectivity index (χ1v) is 8.22. The lowest BCUT2D eigenvalue weighted by Crippen LogP contribution is -2.29. The summed E-state index contributed by atoms with van der Waals surface area (Å²) in [7, 11) is 0. The number of benzene rings is 3. The van der Waals surface area contributed by atoms with Gasteiger partial charge in [-0.3, -0.25) is 9.59 Å². The van der Waals surface area contributed by atoms with E-state index in [9.17, 15) is 14.9 Å². The van der Waals surface area contributed by atoms with Crippen LogP contribution in [0.25, 0.3) is 11.1 Å². The zero-order valence-electron chi connectivity index (χ0n) is 13.8. The molecule has 3 aromatic rings. The molecule has 0 atom stereocenters. The molecule has 1 amide bonds. The van der Waals surface area contributed by atoms with Crippen LogP contribution in [0.2, 0.25) is 0 Å². The zero-order chi connectivity index (χ0) is 18.1. The Hall–Kier alpha value is -3.71. The number of para-hydroxylation sites is 1. The summed E-state index contributed by atoms with van der Waals surface area (Å²) in [5.74, 6) is -0.953. The standard InChI is InChI=1S/C22H14N2O2/c23-13-17-5-1-2-6-18(17)16-11-9-15(10-12-16)14-24-20-8-4-3-7-19(20)21(25)22(24)26/h1-12H,14H2. The number of nitrogens with zero attached hydrogens (tertiary/aromatic N) is 2. The lowest BCUT2D eigenvalue weighted by Gasteiger charge is -2.16. The maximum absolute atomic E-state index is 12.3. The number of rotatable bonds is 3.